The highest BCUT2D eigenvalue weighted by Gasteiger charge is 2.36. The molecule has 2 saturated heterocycles. The maximum atomic E-state index is 12.7. The molecule has 2 fully saturated rings. The lowest BCUT2D eigenvalue weighted by Crippen LogP contribution is -2.48. The third-order valence-corrected chi connectivity index (χ3v) is 5.97. The number of amides is 2. The summed E-state index contributed by atoms with van der Waals surface area (Å²) >= 11 is 0. The molecule has 0 bridgehead atoms. The predicted octanol–water partition coefficient (Wildman–Crippen LogP) is 2.84. The fourth-order valence-electron chi connectivity index (χ4n) is 3.89. The SMILES string of the molecule is C=CC(=O)N1CCC(C(=O)N2CCC(CC)(CC)CC2)CC1. The first-order valence-corrected chi connectivity index (χ1v) is 8.75. The summed E-state index contributed by atoms with van der Waals surface area (Å²) in [5.41, 5.74) is 0.455. The van der Waals surface area contributed by atoms with E-state index in [1.54, 1.807) is 4.90 Å². The van der Waals surface area contributed by atoms with Crippen molar-refractivity contribution in [3.8, 4) is 0 Å². The van der Waals surface area contributed by atoms with Gasteiger partial charge < -0.3 is 9.80 Å². The van der Waals surface area contributed by atoms with Crippen molar-refractivity contribution in [3.63, 3.8) is 0 Å². The van der Waals surface area contributed by atoms with Gasteiger partial charge >= 0.3 is 0 Å². The molecule has 0 spiro atoms. The number of rotatable bonds is 4. The van der Waals surface area contributed by atoms with E-state index >= 15 is 0 Å². The van der Waals surface area contributed by atoms with Gasteiger partial charge in [0.1, 0.15) is 0 Å². The lowest BCUT2D eigenvalue weighted by atomic mass is 9.74. The van der Waals surface area contributed by atoms with Crippen LogP contribution in [-0.4, -0.2) is 47.8 Å². The van der Waals surface area contributed by atoms with Gasteiger partial charge in [0.05, 0.1) is 0 Å². The molecule has 0 atom stereocenters. The summed E-state index contributed by atoms with van der Waals surface area (Å²) in [6, 6.07) is 0. The predicted molar refractivity (Wildman–Crippen MR) is 88.3 cm³/mol. The minimum atomic E-state index is -0.0143. The average molecular weight is 306 g/mol. The van der Waals surface area contributed by atoms with Gasteiger partial charge in [-0.2, -0.15) is 0 Å². The molecule has 0 saturated carbocycles. The summed E-state index contributed by atoms with van der Waals surface area (Å²) in [5, 5.41) is 0. The van der Waals surface area contributed by atoms with E-state index in [9.17, 15) is 9.59 Å². The van der Waals surface area contributed by atoms with Crippen molar-refractivity contribution in [1.29, 1.82) is 0 Å². The number of carbonyl (C=O) groups is 2. The van der Waals surface area contributed by atoms with Crippen LogP contribution in [0.2, 0.25) is 0 Å². The molecule has 22 heavy (non-hydrogen) atoms. The Balaban J connectivity index is 1.84. The molecule has 0 N–H and O–H groups in total. The number of likely N-dealkylation sites (tertiary alicyclic amines) is 2. The van der Waals surface area contributed by atoms with Gasteiger partial charge in [-0.25, -0.2) is 0 Å². The van der Waals surface area contributed by atoms with Crippen LogP contribution in [0.4, 0.5) is 0 Å². The van der Waals surface area contributed by atoms with Gasteiger partial charge in [0.2, 0.25) is 11.8 Å². The molecule has 124 valence electrons. The van der Waals surface area contributed by atoms with E-state index in [4.69, 9.17) is 0 Å². The molecule has 0 aliphatic carbocycles. The second-order valence-electron chi connectivity index (χ2n) is 6.84. The maximum Gasteiger partial charge on any atom is 0.245 e. The summed E-state index contributed by atoms with van der Waals surface area (Å²) in [6.07, 6.45) is 7.66. The highest BCUT2D eigenvalue weighted by Crippen LogP contribution is 2.38. The number of carbonyl (C=O) groups excluding carboxylic acids is 2. The van der Waals surface area contributed by atoms with Crippen LogP contribution in [0.5, 0.6) is 0 Å². The minimum Gasteiger partial charge on any atom is -0.342 e. The number of hydrogen-bond acceptors (Lipinski definition) is 2. The second kappa shape index (κ2) is 7.30. The first kappa shape index (κ1) is 17.0. The zero-order chi connectivity index (χ0) is 16.2. The van der Waals surface area contributed by atoms with Crippen molar-refractivity contribution in [2.45, 2.75) is 52.4 Å². The van der Waals surface area contributed by atoms with Crippen molar-refractivity contribution in [2.24, 2.45) is 11.3 Å². The quantitative estimate of drug-likeness (QED) is 0.749. The van der Waals surface area contributed by atoms with Crippen LogP contribution in [0.25, 0.3) is 0 Å². The van der Waals surface area contributed by atoms with E-state index in [2.05, 4.69) is 25.3 Å². The second-order valence-corrected chi connectivity index (χ2v) is 6.84. The Morgan fingerprint density at radius 3 is 2.05 bits per heavy atom. The van der Waals surface area contributed by atoms with E-state index in [0.717, 1.165) is 38.8 Å². The molecular weight excluding hydrogens is 276 g/mol. The molecule has 2 rings (SSSR count). The number of hydrogen-bond donors (Lipinski definition) is 0. The molecule has 0 radical (unpaired) electrons. The number of piperidine rings is 2. The Kier molecular flexibility index (Phi) is 5.65. The standard InChI is InChI=1S/C18H30N2O2/c1-4-16(21)19-11-7-15(8-12-19)17(22)20-13-9-18(5-2,6-3)10-14-20/h4,15H,1,5-14H2,2-3H3. The maximum absolute atomic E-state index is 12.7. The Morgan fingerprint density at radius 2 is 1.59 bits per heavy atom. The Morgan fingerprint density at radius 1 is 1.05 bits per heavy atom. The van der Waals surface area contributed by atoms with Gasteiger partial charge in [-0.3, -0.25) is 9.59 Å². The molecule has 4 heteroatoms. The van der Waals surface area contributed by atoms with Crippen LogP contribution in [0.1, 0.15) is 52.4 Å². The van der Waals surface area contributed by atoms with E-state index < -0.39 is 0 Å². The molecule has 0 aromatic heterocycles. The first-order chi connectivity index (χ1) is 10.5. The van der Waals surface area contributed by atoms with Gasteiger partial charge in [0.15, 0.2) is 0 Å². The van der Waals surface area contributed by atoms with Crippen molar-refractivity contribution < 1.29 is 9.59 Å². The van der Waals surface area contributed by atoms with Gasteiger partial charge in [-0.05, 0) is 37.2 Å². The summed E-state index contributed by atoms with van der Waals surface area (Å²) in [7, 11) is 0. The average Bonchev–Trinajstić information content (AvgIpc) is 2.60. The molecule has 0 aromatic carbocycles. The molecule has 4 nitrogen and oxygen atoms in total. The smallest absolute Gasteiger partial charge is 0.245 e. The zero-order valence-electron chi connectivity index (χ0n) is 14.1. The normalized spacial score (nSPS) is 22.5. The van der Waals surface area contributed by atoms with Gasteiger partial charge in [0.25, 0.3) is 0 Å². The van der Waals surface area contributed by atoms with Gasteiger partial charge in [-0.1, -0.05) is 33.3 Å². The Hall–Kier alpha value is -1.32. The summed E-state index contributed by atoms with van der Waals surface area (Å²) in [5.74, 6) is 0.399. The fourth-order valence-corrected chi connectivity index (χ4v) is 3.89. The van der Waals surface area contributed by atoms with E-state index in [0.29, 0.717) is 24.4 Å². The minimum absolute atomic E-state index is 0.0143. The largest absolute Gasteiger partial charge is 0.342 e. The lowest BCUT2D eigenvalue weighted by molar-refractivity contribution is -0.141. The Labute approximate surface area is 134 Å². The van der Waals surface area contributed by atoms with Crippen molar-refractivity contribution in [1.82, 2.24) is 9.80 Å². The first-order valence-electron chi connectivity index (χ1n) is 8.75. The Bertz CT molecular complexity index is 411. The third kappa shape index (κ3) is 3.53. The van der Waals surface area contributed by atoms with Crippen LogP contribution >= 0.6 is 0 Å². The zero-order valence-corrected chi connectivity index (χ0v) is 14.1. The number of nitrogens with zero attached hydrogens (tertiary/aromatic N) is 2. The van der Waals surface area contributed by atoms with Crippen LogP contribution in [0.3, 0.4) is 0 Å². The fraction of sp³-hybridized carbons (Fsp3) is 0.778. The van der Waals surface area contributed by atoms with Gasteiger partial charge in [-0.15, -0.1) is 0 Å². The molecule has 2 amide bonds. The van der Waals surface area contributed by atoms with Crippen LogP contribution in [-0.2, 0) is 9.59 Å². The summed E-state index contributed by atoms with van der Waals surface area (Å²) in [4.78, 5) is 28.2. The summed E-state index contributed by atoms with van der Waals surface area (Å²) < 4.78 is 0. The molecule has 2 aliphatic rings. The monoisotopic (exact) mass is 306 g/mol. The van der Waals surface area contributed by atoms with Crippen LogP contribution < -0.4 is 0 Å². The molecule has 0 aromatic rings. The van der Waals surface area contributed by atoms with Crippen molar-refractivity contribution >= 4 is 11.8 Å². The third-order valence-electron chi connectivity index (χ3n) is 5.97. The van der Waals surface area contributed by atoms with E-state index in [1.165, 1.54) is 18.9 Å². The van der Waals surface area contributed by atoms with E-state index in [1.807, 2.05) is 0 Å². The van der Waals surface area contributed by atoms with Crippen molar-refractivity contribution in [3.05, 3.63) is 12.7 Å². The lowest BCUT2D eigenvalue weighted by Gasteiger charge is -2.42. The summed E-state index contributed by atoms with van der Waals surface area (Å²) in [6.45, 7) is 11.3. The molecule has 0 unspecified atom stereocenters. The molecule has 2 heterocycles. The van der Waals surface area contributed by atoms with Gasteiger partial charge in [0, 0.05) is 32.1 Å². The topological polar surface area (TPSA) is 40.6 Å². The van der Waals surface area contributed by atoms with Crippen molar-refractivity contribution in [2.75, 3.05) is 26.2 Å². The van der Waals surface area contributed by atoms with E-state index in [-0.39, 0.29) is 11.8 Å². The van der Waals surface area contributed by atoms with Crippen LogP contribution in [0.15, 0.2) is 12.7 Å². The van der Waals surface area contributed by atoms with Crippen LogP contribution in [0, 0.1) is 11.3 Å². The molecule has 2 aliphatic heterocycles. The molecular formula is C18H30N2O2. The highest BCUT2D eigenvalue weighted by molar-refractivity contribution is 5.87. The highest BCUT2D eigenvalue weighted by atomic mass is 16.2.